The average Bonchev–Trinajstić information content (AvgIpc) is 3.61. The number of carbonyl (C=O) groups excluding carboxylic acids is 3. The number of benzene rings is 2. The van der Waals surface area contributed by atoms with Crippen molar-refractivity contribution in [2.75, 3.05) is 12.0 Å². The van der Waals surface area contributed by atoms with Crippen molar-refractivity contribution in [1.29, 1.82) is 0 Å². The quantitative estimate of drug-likeness (QED) is 0.107. The van der Waals surface area contributed by atoms with Crippen molar-refractivity contribution < 1.29 is 24.3 Å². The number of carbonyl (C=O) groups is 4. The summed E-state index contributed by atoms with van der Waals surface area (Å²) in [5, 5.41) is 20.0. The predicted molar refractivity (Wildman–Crippen MR) is 173 cm³/mol. The summed E-state index contributed by atoms with van der Waals surface area (Å²) in [6.07, 6.45) is 6.01. The molecular formula is C32H40N6O5S. The number of nitrogens with two attached hydrogens (primary N) is 1. The highest BCUT2D eigenvalue weighted by atomic mass is 32.2. The third kappa shape index (κ3) is 8.00. The minimum atomic E-state index is -1.25. The first-order valence-electron chi connectivity index (χ1n) is 14.6. The van der Waals surface area contributed by atoms with Gasteiger partial charge in [0.2, 0.25) is 17.7 Å². The molecule has 2 aromatic carbocycles. The second-order valence-corrected chi connectivity index (χ2v) is 12.2. The molecule has 8 N–H and O–H groups in total. The number of aromatic nitrogens is 2. The van der Waals surface area contributed by atoms with Gasteiger partial charge in [-0.2, -0.15) is 11.8 Å². The van der Waals surface area contributed by atoms with E-state index in [0.717, 1.165) is 32.9 Å². The zero-order valence-electron chi connectivity index (χ0n) is 25.1. The van der Waals surface area contributed by atoms with Crippen LogP contribution in [0.3, 0.4) is 0 Å². The van der Waals surface area contributed by atoms with Gasteiger partial charge in [-0.1, -0.05) is 50.2 Å². The van der Waals surface area contributed by atoms with Crippen molar-refractivity contribution >= 4 is 57.3 Å². The van der Waals surface area contributed by atoms with Crippen molar-refractivity contribution in [3.8, 4) is 0 Å². The summed E-state index contributed by atoms with van der Waals surface area (Å²) in [7, 11) is 0. The van der Waals surface area contributed by atoms with Crippen molar-refractivity contribution in [2.45, 2.75) is 57.3 Å². The molecule has 0 aliphatic heterocycles. The van der Waals surface area contributed by atoms with Gasteiger partial charge in [0, 0.05) is 47.0 Å². The Morgan fingerprint density at radius 3 is 1.84 bits per heavy atom. The van der Waals surface area contributed by atoms with E-state index < -0.39 is 47.9 Å². The van der Waals surface area contributed by atoms with Gasteiger partial charge < -0.3 is 36.8 Å². The van der Waals surface area contributed by atoms with Crippen LogP contribution >= 0.6 is 11.8 Å². The largest absolute Gasteiger partial charge is 0.480 e. The van der Waals surface area contributed by atoms with Crippen molar-refractivity contribution in [1.82, 2.24) is 25.9 Å². The summed E-state index contributed by atoms with van der Waals surface area (Å²) in [4.78, 5) is 58.8. The first kappa shape index (κ1) is 32.6. The number of aromatic amines is 2. The molecule has 4 rings (SSSR count). The minimum absolute atomic E-state index is 0.0391. The molecule has 4 aromatic rings. The molecule has 234 valence electrons. The fraction of sp³-hybridized carbons (Fsp3) is 0.375. The van der Waals surface area contributed by atoms with Gasteiger partial charge in [0.25, 0.3) is 0 Å². The van der Waals surface area contributed by atoms with E-state index in [2.05, 4.69) is 25.9 Å². The monoisotopic (exact) mass is 620 g/mol. The van der Waals surface area contributed by atoms with Gasteiger partial charge in [0.1, 0.15) is 18.1 Å². The number of aliphatic carboxylic acids is 1. The molecule has 11 nitrogen and oxygen atoms in total. The van der Waals surface area contributed by atoms with Crippen LogP contribution in [0.5, 0.6) is 0 Å². The van der Waals surface area contributed by atoms with Crippen molar-refractivity contribution in [3.63, 3.8) is 0 Å². The third-order valence-electron chi connectivity index (χ3n) is 7.66. The SMILES string of the molecule is CSCCC(N)C(=O)NC(C(=O)NC(Cc1c[nH]c2ccccc12)C(=O)NC(Cc1c[nH]c2ccccc12)C(=O)O)C(C)C. The Morgan fingerprint density at radius 1 is 0.795 bits per heavy atom. The molecule has 0 aliphatic rings. The van der Waals surface area contributed by atoms with Gasteiger partial charge in [-0.15, -0.1) is 0 Å². The number of H-pyrrole nitrogens is 2. The van der Waals surface area contributed by atoms with Gasteiger partial charge in [0.15, 0.2) is 0 Å². The molecule has 44 heavy (non-hydrogen) atoms. The van der Waals surface area contributed by atoms with Crippen LogP contribution in [-0.4, -0.2) is 74.9 Å². The molecule has 4 atom stereocenters. The van der Waals surface area contributed by atoms with E-state index in [0.29, 0.717) is 12.2 Å². The Kier molecular flexibility index (Phi) is 11.1. The molecular weight excluding hydrogens is 580 g/mol. The Hall–Kier alpha value is -4.29. The molecule has 2 heterocycles. The molecule has 0 saturated carbocycles. The third-order valence-corrected chi connectivity index (χ3v) is 8.31. The van der Waals surface area contributed by atoms with Crippen LogP contribution in [0.25, 0.3) is 21.8 Å². The fourth-order valence-electron chi connectivity index (χ4n) is 5.16. The van der Waals surface area contributed by atoms with E-state index in [9.17, 15) is 24.3 Å². The molecule has 0 fully saturated rings. The average molecular weight is 621 g/mol. The van der Waals surface area contributed by atoms with E-state index in [1.165, 1.54) is 0 Å². The lowest BCUT2D eigenvalue weighted by atomic mass is 9.99. The van der Waals surface area contributed by atoms with E-state index in [1.54, 1.807) is 38.0 Å². The molecule has 4 unspecified atom stereocenters. The van der Waals surface area contributed by atoms with Crippen molar-refractivity contribution in [2.24, 2.45) is 11.7 Å². The molecule has 3 amide bonds. The number of nitrogens with one attached hydrogen (secondary N) is 5. The number of carboxylic acid groups (broad SMARTS) is 1. The first-order chi connectivity index (χ1) is 21.1. The van der Waals surface area contributed by atoms with E-state index in [1.807, 2.05) is 54.8 Å². The molecule has 2 aromatic heterocycles. The Labute approximate surface area is 260 Å². The lowest BCUT2D eigenvalue weighted by molar-refractivity contribution is -0.142. The second-order valence-electron chi connectivity index (χ2n) is 11.2. The van der Waals surface area contributed by atoms with Crippen LogP contribution in [0.15, 0.2) is 60.9 Å². The van der Waals surface area contributed by atoms with Crippen LogP contribution in [0.4, 0.5) is 0 Å². The zero-order chi connectivity index (χ0) is 31.8. The van der Waals surface area contributed by atoms with Gasteiger partial charge >= 0.3 is 5.97 Å². The lowest BCUT2D eigenvalue weighted by Gasteiger charge is -2.27. The molecule has 0 radical (unpaired) electrons. The second kappa shape index (κ2) is 14.9. The number of amides is 3. The number of thioether (sulfide) groups is 1. The first-order valence-corrected chi connectivity index (χ1v) is 16.0. The number of para-hydroxylation sites is 2. The van der Waals surface area contributed by atoms with Gasteiger partial charge in [0.05, 0.1) is 6.04 Å². The summed E-state index contributed by atoms with van der Waals surface area (Å²) in [6.45, 7) is 3.57. The zero-order valence-corrected chi connectivity index (χ0v) is 25.9. The van der Waals surface area contributed by atoms with Crippen molar-refractivity contribution in [3.05, 3.63) is 72.1 Å². The molecule has 0 bridgehead atoms. The highest BCUT2D eigenvalue weighted by Gasteiger charge is 2.32. The normalized spacial score (nSPS) is 14.2. The summed E-state index contributed by atoms with van der Waals surface area (Å²) in [6, 6.07) is 11.0. The topological polar surface area (TPSA) is 182 Å². The number of rotatable bonds is 15. The van der Waals surface area contributed by atoms with Crippen LogP contribution in [0.1, 0.15) is 31.4 Å². The predicted octanol–water partition coefficient (Wildman–Crippen LogP) is 2.71. The van der Waals surface area contributed by atoms with Crippen LogP contribution in [-0.2, 0) is 32.0 Å². The lowest BCUT2D eigenvalue weighted by Crippen LogP contribution is -2.59. The number of hydrogen-bond acceptors (Lipinski definition) is 6. The Bertz CT molecular complexity index is 1610. The molecule has 0 spiro atoms. The number of carboxylic acids is 1. The van der Waals surface area contributed by atoms with E-state index in [4.69, 9.17) is 5.73 Å². The Morgan fingerprint density at radius 2 is 1.32 bits per heavy atom. The summed E-state index contributed by atoms with van der Waals surface area (Å²) >= 11 is 1.57. The van der Waals surface area contributed by atoms with E-state index >= 15 is 0 Å². The molecule has 12 heteroatoms. The van der Waals surface area contributed by atoms with Crippen LogP contribution in [0, 0.1) is 5.92 Å². The maximum absolute atomic E-state index is 13.8. The Balaban J connectivity index is 1.57. The van der Waals surface area contributed by atoms with Gasteiger partial charge in [-0.25, -0.2) is 4.79 Å². The minimum Gasteiger partial charge on any atom is -0.480 e. The number of hydrogen-bond donors (Lipinski definition) is 7. The highest BCUT2D eigenvalue weighted by Crippen LogP contribution is 2.21. The van der Waals surface area contributed by atoms with Gasteiger partial charge in [-0.3, -0.25) is 14.4 Å². The fourth-order valence-corrected chi connectivity index (χ4v) is 5.64. The molecule has 0 aliphatic carbocycles. The summed E-state index contributed by atoms with van der Waals surface area (Å²) in [5.41, 5.74) is 9.27. The highest BCUT2D eigenvalue weighted by molar-refractivity contribution is 7.98. The van der Waals surface area contributed by atoms with Crippen LogP contribution < -0.4 is 21.7 Å². The van der Waals surface area contributed by atoms with E-state index in [-0.39, 0.29) is 18.8 Å². The summed E-state index contributed by atoms with van der Waals surface area (Å²) in [5.74, 6) is -2.47. The maximum Gasteiger partial charge on any atom is 0.326 e. The van der Waals surface area contributed by atoms with Gasteiger partial charge in [-0.05, 0) is 47.6 Å². The summed E-state index contributed by atoms with van der Waals surface area (Å²) < 4.78 is 0. The standard InChI is InChI=1S/C32H40N6O5S/c1-18(2)28(38-29(39)23(33)12-13-44-3)31(41)36-26(14-19-16-34-24-10-6-4-8-21(19)24)30(40)37-27(32(42)43)15-20-17-35-25-11-7-5-9-22(20)25/h4-11,16-18,23,26-28,34-35H,12-15,33H2,1-3H3,(H,36,41)(H,37,40)(H,38,39)(H,42,43). The molecule has 0 saturated heterocycles. The smallest absolute Gasteiger partial charge is 0.326 e. The maximum atomic E-state index is 13.8. The number of fused-ring (bicyclic) bond motifs is 2. The van der Waals surface area contributed by atoms with Crippen LogP contribution in [0.2, 0.25) is 0 Å².